The SMILES string of the molecule is O=C(CCc1ccc(O)cc1)N[C@H]1C[C@@H]2OCC[C@H]12. The van der Waals surface area contributed by atoms with E-state index < -0.39 is 0 Å². The summed E-state index contributed by atoms with van der Waals surface area (Å²) in [6.45, 7) is 0.842. The molecule has 0 bridgehead atoms. The summed E-state index contributed by atoms with van der Waals surface area (Å²) in [5.41, 5.74) is 1.07. The van der Waals surface area contributed by atoms with Gasteiger partial charge >= 0.3 is 0 Å². The summed E-state index contributed by atoms with van der Waals surface area (Å²) in [4.78, 5) is 11.9. The van der Waals surface area contributed by atoms with Gasteiger partial charge in [-0.25, -0.2) is 0 Å². The second kappa shape index (κ2) is 5.21. The number of hydrogen-bond acceptors (Lipinski definition) is 3. The number of phenols is 1. The molecule has 2 N–H and O–H groups in total. The summed E-state index contributed by atoms with van der Waals surface area (Å²) in [7, 11) is 0. The van der Waals surface area contributed by atoms with Crippen molar-refractivity contribution in [2.45, 2.75) is 37.8 Å². The van der Waals surface area contributed by atoms with E-state index in [1.807, 2.05) is 12.1 Å². The van der Waals surface area contributed by atoms with Gasteiger partial charge in [0.15, 0.2) is 0 Å². The molecule has 1 saturated heterocycles. The van der Waals surface area contributed by atoms with E-state index in [0.717, 1.165) is 25.0 Å². The van der Waals surface area contributed by atoms with Gasteiger partial charge in [-0.2, -0.15) is 0 Å². The minimum absolute atomic E-state index is 0.114. The van der Waals surface area contributed by atoms with Crippen molar-refractivity contribution in [1.29, 1.82) is 0 Å². The molecule has 0 aromatic heterocycles. The van der Waals surface area contributed by atoms with Gasteiger partial charge < -0.3 is 15.2 Å². The Bertz CT molecular complexity index is 457. The number of benzene rings is 1. The normalized spacial score (nSPS) is 28.5. The molecule has 1 aliphatic heterocycles. The number of aromatic hydroxyl groups is 1. The lowest BCUT2D eigenvalue weighted by Crippen LogP contribution is -2.53. The number of carbonyl (C=O) groups excluding carboxylic acids is 1. The smallest absolute Gasteiger partial charge is 0.220 e. The van der Waals surface area contributed by atoms with E-state index in [1.165, 1.54) is 0 Å². The van der Waals surface area contributed by atoms with E-state index in [0.29, 0.717) is 30.9 Å². The van der Waals surface area contributed by atoms with Crippen LogP contribution >= 0.6 is 0 Å². The first kappa shape index (κ1) is 12.5. The number of phenolic OH excluding ortho intramolecular Hbond substituents is 1. The van der Waals surface area contributed by atoms with Gasteiger partial charge in [0.25, 0.3) is 0 Å². The zero-order valence-electron chi connectivity index (χ0n) is 10.8. The Morgan fingerprint density at radius 2 is 2.16 bits per heavy atom. The number of aryl methyl sites for hydroxylation is 1. The number of fused-ring (bicyclic) bond motifs is 1. The first-order chi connectivity index (χ1) is 9.22. The van der Waals surface area contributed by atoms with Gasteiger partial charge in [-0.05, 0) is 37.0 Å². The van der Waals surface area contributed by atoms with E-state index in [4.69, 9.17) is 4.74 Å². The fraction of sp³-hybridized carbons (Fsp3) is 0.533. The Balaban J connectivity index is 1.43. The van der Waals surface area contributed by atoms with Gasteiger partial charge in [0, 0.05) is 25.0 Å². The van der Waals surface area contributed by atoms with Crippen LogP contribution in [-0.4, -0.2) is 29.8 Å². The fourth-order valence-electron chi connectivity index (χ4n) is 2.96. The topological polar surface area (TPSA) is 58.6 Å². The largest absolute Gasteiger partial charge is 0.508 e. The van der Waals surface area contributed by atoms with Gasteiger partial charge in [0.05, 0.1) is 6.10 Å². The predicted molar refractivity (Wildman–Crippen MR) is 70.8 cm³/mol. The molecule has 1 aromatic rings. The molecule has 0 spiro atoms. The van der Waals surface area contributed by atoms with Crippen LogP contribution in [0.15, 0.2) is 24.3 Å². The van der Waals surface area contributed by atoms with Crippen molar-refractivity contribution in [1.82, 2.24) is 5.32 Å². The average molecular weight is 261 g/mol. The molecule has 1 aromatic carbocycles. The van der Waals surface area contributed by atoms with Crippen LogP contribution in [-0.2, 0) is 16.0 Å². The highest BCUT2D eigenvalue weighted by molar-refractivity contribution is 5.76. The molecule has 1 heterocycles. The van der Waals surface area contributed by atoms with Crippen molar-refractivity contribution in [3.05, 3.63) is 29.8 Å². The van der Waals surface area contributed by atoms with Gasteiger partial charge in [-0.3, -0.25) is 4.79 Å². The fourth-order valence-corrected chi connectivity index (χ4v) is 2.96. The molecule has 0 radical (unpaired) electrons. The van der Waals surface area contributed by atoms with Gasteiger partial charge in [-0.1, -0.05) is 12.1 Å². The molecule has 1 aliphatic carbocycles. The van der Waals surface area contributed by atoms with Crippen molar-refractivity contribution >= 4 is 5.91 Å². The molecule has 102 valence electrons. The summed E-state index contributed by atoms with van der Waals surface area (Å²) in [6, 6.07) is 7.33. The minimum Gasteiger partial charge on any atom is -0.508 e. The van der Waals surface area contributed by atoms with Crippen LogP contribution in [0, 0.1) is 5.92 Å². The average Bonchev–Trinajstić information content (AvgIpc) is 2.77. The van der Waals surface area contributed by atoms with E-state index in [2.05, 4.69) is 5.32 Å². The van der Waals surface area contributed by atoms with E-state index >= 15 is 0 Å². The van der Waals surface area contributed by atoms with Crippen molar-refractivity contribution in [3.63, 3.8) is 0 Å². The lowest BCUT2D eigenvalue weighted by molar-refractivity contribution is -0.124. The Kier molecular flexibility index (Phi) is 3.42. The molecule has 4 nitrogen and oxygen atoms in total. The molecule has 4 heteroatoms. The van der Waals surface area contributed by atoms with Crippen LogP contribution in [0.4, 0.5) is 0 Å². The lowest BCUT2D eigenvalue weighted by Gasteiger charge is -2.39. The molecule has 1 amide bonds. The number of amides is 1. The maximum absolute atomic E-state index is 11.9. The Morgan fingerprint density at radius 1 is 1.37 bits per heavy atom. The zero-order valence-corrected chi connectivity index (χ0v) is 10.8. The van der Waals surface area contributed by atoms with Gasteiger partial charge in [0.1, 0.15) is 5.75 Å². The van der Waals surface area contributed by atoms with Crippen molar-refractivity contribution < 1.29 is 14.6 Å². The van der Waals surface area contributed by atoms with Crippen molar-refractivity contribution in [2.75, 3.05) is 6.61 Å². The molecule has 1 saturated carbocycles. The van der Waals surface area contributed by atoms with Crippen LogP contribution < -0.4 is 5.32 Å². The molecule has 3 rings (SSSR count). The molecular weight excluding hydrogens is 242 g/mol. The number of nitrogens with one attached hydrogen (secondary N) is 1. The maximum Gasteiger partial charge on any atom is 0.220 e. The van der Waals surface area contributed by atoms with Crippen LogP contribution in [0.1, 0.15) is 24.8 Å². The Labute approximate surface area is 112 Å². The highest BCUT2D eigenvalue weighted by atomic mass is 16.5. The molecule has 0 unspecified atom stereocenters. The first-order valence-electron chi connectivity index (χ1n) is 6.91. The predicted octanol–water partition coefficient (Wildman–Crippen LogP) is 1.62. The number of carbonyl (C=O) groups is 1. The Hall–Kier alpha value is -1.55. The summed E-state index contributed by atoms with van der Waals surface area (Å²) in [6.07, 6.45) is 3.65. The van der Waals surface area contributed by atoms with E-state index in [1.54, 1.807) is 12.1 Å². The minimum atomic E-state index is 0.114. The third-order valence-corrected chi connectivity index (χ3v) is 4.19. The van der Waals surface area contributed by atoms with Crippen LogP contribution in [0.5, 0.6) is 5.75 Å². The van der Waals surface area contributed by atoms with Gasteiger partial charge in [0.2, 0.25) is 5.91 Å². The summed E-state index contributed by atoms with van der Waals surface area (Å²) < 4.78 is 5.53. The van der Waals surface area contributed by atoms with E-state index in [-0.39, 0.29) is 11.7 Å². The van der Waals surface area contributed by atoms with Crippen LogP contribution in [0.2, 0.25) is 0 Å². The van der Waals surface area contributed by atoms with Gasteiger partial charge in [-0.15, -0.1) is 0 Å². The summed E-state index contributed by atoms with van der Waals surface area (Å²) in [5.74, 6) is 0.913. The van der Waals surface area contributed by atoms with Crippen LogP contribution in [0.25, 0.3) is 0 Å². The number of ether oxygens (including phenoxy) is 1. The third-order valence-electron chi connectivity index (χ3n) is 4.19. The monoisotopic (exact) mass is 261 g/mol. The quantitative estimate of drug-likeness (QED) is 0.866. The first-order valence-corrected chi connectivity index (χ1v) is 6.91. The van der Waals surface area contributed by atoms with Crippen molar-refractivity contribution in [2.24, 2.45) is 5.92 Å². The number of rotatable bonds is 4. The van der Waals surface area contributed by atoms with Crippen LogP contribution in [0.3, 0.4) is 0 Å². The number of hydrogen-bond donors (Lipinski definition) is 2. The summed E-state index contributed by atoms with van der Waals surface area (Å²) >= 11 is 0. The third kappa shape index (κ3) is 2.73. The zero-order chi connectivity index (χ0) is 13.2. The summed E-state index contributed by atoms with van der Waals surface area (Å²) in [5, 5.41) is 12.3. The van der Waals surface area contributed by atoms with E-state index in [9.17, 15) is 9.90 Å². The van der Waals surface area contributed by atoms with Crippen molar-refractivity contribution in [3.8, 4) is 5.75 Å². The second-order valence-electron chi connectivity index (χ2n) is 5.44. The highest BCUT2D eigenvalue weighted by Gasteiger charge is 2.45. The molecular formula is C15H19NO3. The molecule has 3 atom stereocenters. The lowest BCUT2D eigenvalue weighted by atomic mass is 9.76. The molecule has 2 aliphatic rings. The highest BCUT2D eigenvalue weighted by Crippen LogP contribution is 2.38. The standard InChI is InChI=1S/C15H19NO3/c17-11-4-1-10(2-5-11)3-6-15(18)16-13-9-14-12(13)7-8-19-14/h1-2,4-5,12-14,17H,3,6-9H2,(H,16,18)/t12-,13+,14+/m1/s1. The Morgan fingerprint density at radius 3 is 2.89 bits per heavy atom. The second-order valence-corrected chi connectivity index (χ2v) is 5.44. The molecule has 19 heavy (non-hydrogen) atoms. The molecule has 2 fully saturated rings. The maximum atomic E-state index is 11.9.